The van der Waals surface area contributed by atoms with Crippen molar-refractivity contribution in [1.29, 1.82) is 0 Å². The van der Waals surface area contributed by atoms with Gasteiger partial charge >= 0.3 is 6.03 Å². The summed E-state index contributed by atoms with van der Waals surface area (Å²) in [5.74, 6) is -0.0948. The molecule has 2 aromatic rings. The number of carbonyl (C=O) groups excluding carboxylic acids is 2. The number of nitrogens with one attached hydrogen (secondary N) is 1. The van der Waals surface area contributed by atoms with Crippen molar-refractivity contribution in [2.75, 3.05) is 12.3 Å². The zero-order valence-electron chi connectivity index (χ0n) is 15.1. The number of urea groups is 1. The molecular weight excluding hydrogens is 363 g/mol. The van der Waals surface area contributed by atoms with Crippen LogP contribution in [0, 0.1) is 5.82 Å². The lowest BCUT2D eigenvalue weighted by atomic mass is 9.90. The smallest absolute Gasteiger partial charge is 0.319 e. The number of amides is 3. The molecule has 4 rings (SSSR count). The highest BCUT2D eigenvalue weighted by molar-refractivity contribution is 7.99. The van der Waals surface area contributed by atoms with Gasteiger partial charge in [0, 0.05) is 17.2 Å². The summed E-state index contributed by atoms with van der Waals surface area (Å²) in [6.07, 6.45) is 3.23. The van der Waals surface area contributed by atoms with E-state index in [0.29, 0.717) is 10.6 Å². The molecule has 1 N–H and O–H groups in total. The van der Waals surface area contributed by atoms with E-state index in [1.54, 1.807) is 25.1 Å². The Bertz CT molecular complexity index is 917. The van der Waals surface area contributed by atoms with Crippen LogP contribution in [0.5, 0.6) is 0 Å². The number of hydrogen-bond donors (Lipinski definition) is 1. The van der Waals surface area contributed by atoms with Gasteiger partial charge in [-0.2, -0.15) is 0 Å². The maximum Gasteiger partial charge on any atom is 0.325 e. The Labute approximate surface area is 162 Å². The summed E-state index contributed by atoms with van der Waals surface area (Å²) >= 11 is 1.30. The largest absolute Gasteiger partial charge is 0.325 e. The Kier molecular flexibility index (Phi) is 4.68. The number of benzene rings is 2. The average molecular weight is 384 g/mol. The molecule has 27 heavy (non-hydrogen) atoms. The van der Waals surface area contributed by atoms with E-state index < -0.39 is 11.6 Å². The van der Waals surface area contributed by atoms with Crippen LogP contribution in [-0.4, -0.2) is 29.1 Å². The van der Waals surface area contributed by atoms with Gasteiger partial charge in [-0.05, 0) is 55.0 Å². The molecule has 1 atom stereocenters. The molecule has 0 aromatic heterocycles. The predicted octanol–water partition coefficient (Wildman–Crippen LogP) is 3.87. The zero-order valence-corrected chi connectivity index (χ0v) is 15.9. The number of fused-ring (bicyclic) bond motifs is 1. The van der Waals surface area contributed by atoms with Gasteiger partial charge in [0.1, 0.15) is 11.4 Å². The number of aryl methyl sites for hydroxylation is 2. The molecule has 1 saturated heterocycles. The Morgan fingerprint density at radius 2 is 1.93 bits per heavy atom. The van der Waals surface area contributed by atoms with E-state index in [1.807, 2.05) is 6.07 Å². The number of thioether (sulfide) groups is 1. The summed E-state index contributed by atoms with van der Waals surface area (Å²) in [4.78, 5) is 27.2. The van der Waals surface area contributed by atoms with Crippen LogP contribution in [0.1, 0.15) is 30.0 Å². The second-order valence-corrected chi connectivity index (χ2v) is 8.26. The normalized spacial score (nSPS) is 21.5. The highest BCUT2D eigenvalue weighted by Crippen LogP contribution is 2.33. The van der Waals surface area contributed by atoms with Gasteiger partial charge in [0.05, 0.1) is 0 Å². The molecule has 1 fully saturated rings. The first-order valence-electron chi connectivity index (χ1n) is 9.13. The van der Waals surface area contributed by atoms with Crippen molar-refractivity contribution in [3.05, 3.63) is 65.0 Å². The number of imide groups is 1. The summed E-state index contributed by atoms with van der Waals surface area (Å²) in [6, 6.07) is 12.2. The Morgan fingerprint density at radius 3 is 2.74 bits per heavy atom. The number of halogens is 1. The fourth-order valence-electron chi connectivity index (χ4n) is 3.79. The third kappa shape index (κ3) is 3.23. The minimum absolute atomic E-state index is 0.240. The molecule has 1 heterocycles. The lowest BCUT2D eigenvalue weighted by Gasteiger charge is -2.23. The van der Waals surface area contributed by atoms with Crippen molar-refractivity contribution in [2.24, 2.45) is 0 Å². The van der Waals surface area contributed by atoms with Gasteiger partial charge in [0.15, 0.2) is 0 Å². The van der Waals surface area contributed by atoms with Gasteiger partial charge < -0.3 is 5.32 Å². The van der Waals surface area contributed by atoms with Gasteiger partial charge in [0.25, 0.3) is 5.91 Å². The van der Waals surface area contributed by atoms with Gasteiger partial charge in [-0.1, -0.05) is 30.3 Å². The molecule has 6 heteroatoms. The lowest BCUT2D eigenvalue weighted by Crippen LogP contribution is -2.41. The molecule has 140 valence electrons. The van der Waals surface area contributed by atoms with Crippen molar-refractivity contribution >= 4 is 23.7 Å². The van der Waals surface area contributed by atoms with Crippen molar-refractivity contribution < 1.29 is 14.0 Å². The summed E-state index contributed by atoms with van der Waals surface area (Å²) in [7, 11) is 0. The summed E-state index contributed by atoms with van der Waals surface area (Å²) < 4.78 is 13.7. The Morgan fingerprint density at radius 1 is 1.15 bits per heavy atom. The van der Waals surface area contributed by atoms with E-state index in [-0.39, 0.29) is 18.3 Å². The summed E-state index contributed by atoms with van der Waals surface area (Å²) in [5.41, 5.74) is 2.38. The van der Waals surface area contributed by atoms with Crippen molar-refractivity contribution in [3.8, 4) is 0 Å². The quantitative estimate of drug-likeness (QED) is 0.629. The molecular formula is C21H21FN2O2S. The molecule has 0 spiro atoms. The van der Waals surface area contributed by atoms with Crippen LogP contribution < -0.4 is 5.32 Å². The fourth-order valence-corrected chi connectivity index (χ4v) is 4.66. The molecule has 1 aliphatic carbocycles. The van der Waals surface area contributed by atoms with Gasteiger partial charge in [-0.3, -0.25) is 9.69 Å². The number of hydrogen-bond acceptors (Lipinski definition) is 3. The van der Waals surface area contributed by atoms with E-state index in [1.165, 1.54) is 33.9 Å². The first-order valence-corrected chi connectivity index (χ1v) is 10.1. The van der Waals surface area contributed by atoms with E-state index in [0.717, 1.165) is 24.8 Å². The minimum Gasteiger partial charge on any atom is -0.319 e. The van der Waals surface area contributed by atoms with E-state index in [4.69, 9.17) is 0 Å². The van der Waals surface area contributed by atoms with Gasteiger partial charge in [0.2, 0.25) is 0 Å². The van der Waals surface area contributed by atoms with Crippen molar-refractivity contribution in [3.63, 3.8) is 0 Å². The van der Waals surface area contributed by atoms with E-state index in [2.05, 4.69) is 17.4 Å². The molecule has 2 aliphatic rings. The molecule has 2 aromatic carbocycles. The first kappa shape index (κ1) is 18.0. The monoisotopic (exact) mass is 384 g/mol. The third-order valence-electron chi connectivity index (χ3n) is 5.36. The van der Waals surface area contributed by atoms with Crippen LogP contribution >= 0.6 is 11.8 Å². The van der Waals surface area contributed by atoms with E-state index >= 15 is 0 Å². The molecule has 0 radical (unpaired) electrons. The second kappa shape index (κ2) is 7.00. The molecule has 4 nitrogen and oxygen atoms in total. The van der Waals surface area contributed by atoms with Gasteiger partial charge in [-0.15, -0.1) is 11.8 Å². The van der Waals surface area contributed by atoms with Crippen molar-refractivity contribution in [1.82, 2.24) is 10.2 Å². The number of carbonyl (C=O) groups is 2. The second-order valence-electron chi connectivity index (χ2n) is 7.13. The number of rotatable bonds is 5. The molecule has 3 amide bonds. The van der Waals surface area contributed by atoms with Crippen molar-refractivity contribution in [2.45, 2.75) is 36.6 Å². The van der Waals surface area contributed by atoms with Gasteiger partial charge in [-0.25, -0.2) is 9.18 Å². The van der Waals surface area contributed by atoms with Crippen LogP contribution in [0.3, 0.4) is 0 Å². The van der Waals surface area contributed by atoms with E-state index in [9.17, 15) is 14.0 Å². The SMILES string of the molecule is C[C@@]1(c2ccc3c(c2)CCC3)NC(=O)N(CCSc2ccccc2F)C1=O. The zero-order chi connectivity index (χ0) is 19.0. The summed E-state index contributed by atoms with van der Waals surface area (Å²) in [6.45, 7) is 2.00. The number of nitrogens with zero attached hydrogens (tertiary/aromatic N) is 1. The lowest BCUT2D eigenvalue weighted by molar-refractivity contribution is -0.130. The Balaban J connectivity index is 1.47. The van der Waals surface area contributed by atoms with Crippen LogP contribution in [0.2, 0.25) is 0 Å². The average Bonchev–Trinajstić information content (AvgIpc) is 3.21. The Hall–Kier alpha value is -2.34. The maximum absolute atomic E-state index is 13.7. The minimum atomic E-state index is -1.04. The van der Waals surface area contributed by atoms with Crippen LogP contribution in [0.15, 0.2) is 47.4 Å². The molecule has 0 bridgehead atoms. The molecule has 0 unspecified atom stereocenters. The fraction of sp³-hybridized carbons (Fsp3) is 0.333. The van der Waals surface area contributed by atoms with Crippen LogP contribution in [-0.2, 0) is 23.2 Å². The maximum atomic E-state index is 13.7. The molecule has 0 saturated carbocycles. The highest BCUT2D eigenvalue weighted by Gasteiger charge is 2.48. The first-order chi connectivity index (χ1) is 13.0. The molecule has 1 aliphatic heterocycles. The topological polar surface area (TPSA) is 49.4 Å². The standard InChI is InChI=1S/C21H21FN2O2S/c1-21(16-10-9-14-5-4-6-15(14)13-16)19(25)24(20(26)23-21)11-12-27-18-8-3-2-7-17(18)22/h2-3,7-10,13H,4-6,11-12H2,1H3,(H,23,26)/t21-/m0/s1. The van der Waals surface area contributed by atoms with Crippen LogP contribution in [0.4, 0.5) is 9.18 Å². The predicted molar refractivity (Wildman–Crippen MR) is 103 cm³/mol. The third-order valence-corrected chi connectivity index (χ3v) is 6.39. The van der Waals surface area contributed by atoms with Crippen LogP contribution in [0.25, 0.3) is 0 Å². The highest BCUT2D eigenvalue weighted by atomic mass is 32.2. The summed E-state index contributed by atoms with van der Waals surface area (Å²) in [5, 5.41) is 2.85.